The van der Waals surface area contributed by atoms with Crippen LogP contribution in [0, 0.1) is 5.82 Å². The fourth-order valence-corrected chi connectivity index (χ4v) is 4.53. The second-order valence-corrected chi connectivity index (χ2v) is 8.96. The van der Waals surface area contributed by atoms with Crippen LogP contribution in [-0.4, -0.2) is 31.1 Å². The smallest absolute Gasteiger partial charge is 0.267 e. The summed E-state index contributed by atoms with van der Waals surface area (Å²) in [5, 5.41) is 3.23. The standard InChI is InChI=1S/C23H21FN4O2S2/c1-2-3-11-25-20-17(21(29)27-12-5-4-6-19(27)26-20)13-18-22(30)28(23(31)32-18)14-15-7-9-16(24)10-8-15/h4-10,12-13,25H,2-3,11,14H2,1H3/b18-13+. The molecular weight excluding hydrogens is 447 g/mol. The third-order valence-corrected chi connectivity index (χ3v) is 6.37. The van der Waals surface area contributed by atoms with Crippen molar-refractivity contribution in [1.29, 1.82) is 0 Å². The summed E-state index contributed by atoms with van der Waals surface area (Å²) in [6, 6.07) is 11.3. The number of unbranched alkanes of at least 4 members (excludes halogenated alkanes) is 1. The number of carbonyl (C=O) groups is 1. The number of fused-ring (bicyclic) bond motifs is 1. The summed E-state index contributed by atoms with van der Waals surface area (Å²) in [4.78, 5) is 32.7. The van der Waals surface area contributed by atoms with Gasteiger partial charge in [-0.2, -0.15) is 0 Å². The van der Waals surface area contributed by atoms with Gasteiger partial charge in [0.2, 0.25) is 0 Å². The lowest BCUT2D eigenvalue weighted by Crippen LogP contribution is -2.27. The quantitative estimate of drug-likeness (QED) is 0.314. The first-order valence-electron chi connectivity index (χ1n) is 10.2. The van der Waals surface area contributed by atoms with Crippen LogP contribution in [0.2, 0.25) is 0 Å². The molecule has 3 heterocycles. The van der Waals surface area contributed by atoms with Gasteiger partial charge in [-0.05, 0) is 42.3 Å². The van der Waals surface area contributed by atoms with Gasteiger partial charge in [0.1, 0.15) is 21.6 Å². The number of rotatable bonds is 7. The SMILES string of the molecule is CCCCNc1nc2ccccn2c(=O)c1/C=C1/SC(=S)N(Cc2ccc(F)cc2)C1=O. The summed E-state index contributed by atoms with van der Waals surface area (Å²) in [5.41, 5.74) is 1.33. The van der Waals surface area contributed by atoms with Gasteiger partial charge in [-0.25, -0.2) is 9.37 Å². The number of halogens is 1. The van der Waals surface area contributed by atoms with Crippen molar-refractivity contribution < 1.29 is 9.18 Å². The Morgan fingerprint density at radius 2 is 1.97 bits per heavy atom. The molecular formula is C23H21FN4O2S2. The van der Waals surface area contributed by atoms with E-state index in [1.165, 1.54) is 21.4 Å². The first-order valence-corrected chi connectivity index (χ1v) is 11.5. The van der Waals surface area contributed by atoms with Gasteiger partial charge < -0.3 is 5.32 Å². The van der Waals surface area contributed by atoms with E-state index in [1.54, 1.807) is 36.5 Å². The highest BCUT2D eigenvalue weighted by molar-refractivity contribution is 8.26. The molecule has 1 saturated heterocycles. The molecule has 1 fully saturated rings. The number of hydrogen-bond acceptors (Lipinski definition) is 6. The van der Waals surface area contributed by atoms with Crippen molar-refractivity contribution in [1.82, 2.24) is 14.3 Å². The first-order chi connectivity index (χ1) is 15.5. The van der Waals surface area contributed by atoms with E-state index < -0.39 is 0 Å². The van der Waals surface area contributed by atoms with Crippen LogP contribution in [0.15, 0.2) is 58.4 Å². The molecule has 0 bridgehead atoms. The van der Waals surface area contributed by atoms with Gasteiger partial charge in [-0.1, -0.05) is 55.5 Å². The summed E-state index contributed by atoms with van der Waals surface area (Å²) < 4.78 is 15.0. The Morgan fingerprint density at radius 3 is 2.72 bits per heavy atom. The molecule has 2 aromatic heterocycles. The summed E-state index contributed by atoms with van der Waals surface area (Å²) in [7, 11) is 0. The van der Waals surface area contributed by atoms with Crippen LogP contribution in [0.3, 0.4) is 0 Å². The Balaban J connectivity index is 1.69. The lowest BCUT2D eigenvalue weighted by atomic mass is 10.2. The Labute approximate surface area is 194 Å². The zero-order chi connectivity index (χ0) is 22.7. The minimum absolute atomic E-state index is 0.235. The van der Waals surface area contributed by atoms with Crippen molar-refractivity contribution in [2.24, 2.45) is 0 Å². The number of carbonyl (C=O) groups excluding carboxylic acids is 1. The van der Waals surface area contributed by atoms with Crippen molar-refractivity contribution in [2.45, 2.75) is 26.3 Å². The van der Waals surface area contributed by atoms with Gasteiger partial charge in [0.05, 0.1) is 17.0 Å². The molecule has 9 heteroatoms. The average Bonchev–Trinajstić information content (AvgIpc) is 3.05. The Bertz CT molecular complexity index is 1270. The molecule has 0 atom stereocenters. The topological polar surface area (TPSA) is 66.7 Å². The van der Waals surface area contributed by atoms with Gasteiger partial charge >= 0.3 is 0 Å². The molecule has 6 nitrogen and oxygen atoms in total. The number of thiocarbonyl (C=S) groups is 1. The van der Waals surface area contributed by atoms with E-state index in [0.717, 1.165) is 30.2 Å². The number of nitrogens with one attached hydrogen (secondary N) is 1. The molecule has 32 heavy (non-hydrogen) atoms. The molecule has 1 aliphatic rings. The minimum Gasteiger partial charge on any atom is -0.369 e. The largest absolute Gasteiger partial charge is 0.369 e. The van der Waals surface area contributed by atoms with E-state index in [0.29, 0.717) is 32.8 Å². The molecule has 164 valence electrons. The molecule has 0 radical (unpaired) electrons. The number of amides is 1. The number of hydrogen-bond donors (Lipinski definition) is 1. The molecule has 1 amide bonds. The van der Waals surface area contributed by atoms with E-state index in [-0.39, 0.29) is 23.8 Å². The summed E-state index contributed by atoms with van der Waals surface area (Å²) in [5.74, 6) is -0.189. The van der Waals surface area contributed by atoms with E-state index in [2.05, 4.69) is 17.2 Å². The summed E-state index contributed by atoms with van der Waals surface area (Å²) in [6.07, 6.45) is 5.14. The fraction of sp³-hybridized carbons (Fsp3) is 0.217. The molecule has 0 spiro atoms. The maximum absolute atomic E-state index is 13.2. The van der Waals surface area contributed by atoms with Crippen LogP contribution in [0.1, 0.15) is 30.9 Å². The van der Waals surface area contributed by atoms with Crippen LogP contribution >= 0.6 is 24.0 Å². The lowest BCUT2D eigenvalue weighted by Gasteiger charge is -2.14. The Kier molecular flexibility index (Phi) is 6.66. The predicted molar refractivity (Wildman–Crippen MR) is 130 cm³/mol. The Hall–Kier alpha value is -3.04. The molecule has 3 aromatic rings. The maximum atomic E-state index is 13.2. The first kappa shape index (κ1) is 22.2. The highest BCUT2D eigenvalue weighted by Crippen LogP contribution is 2.34. The van der Waals surface area contributed by atoms with Crippen molar-refractivity contribution in [3.63, 3.8) is 0 Å². The third-order valence-electron chi connectivity index (χ3n) is 4.99. The van der Waals surface area contributed by atoms with E-state index >= 15 is 0 Å². The molecule has 1 aromatic carbocycles. The number of benzene rings is 1. The van der Waals surface area contributed by atoms with E-state index in [1.807, 2.05) is 6.07 Å². The van der Waals surface area contributed by atoms with Crippen LogP contribution in [0.5, 0.6) is 0 Å². The van der Waals surface area contributed by atoms with Gasteiger partial charge in [0.25, 0.3) is 11.5 Å². The second kappa shape index (κ2) is 9.62. The zero-order valence-corrected chi connectivity index (χ0v) is 19.0. The van der Waals surface area contributed by atoms with Gasteiger partial charge in [-0.3, -0.25) is 18.9 Å². The Morgan fingerprint density at radius 1 is 1.19 bits per heavy atom. The lowest BCUT2D eigenvalue weighted by molar-refractivity contribution is -0.122. The molecule has 4 rings (SSSR count). The van der Waals surface area contributed by atoms with Crippen LogP contribution in [0.4, 0.5) is 10.2 Å². The maximum Gasteiger partial charge on any atom is 0.267 e. The molecule has 0 saturated carbocycles. The van der Waals surface area contributed by atoms with Gasteiger partial charge in [0.15, 0.2) is 0 Å². The van der Waals surface area contributed by atoms with Crippen molar-refractivity contribution in [3.05, 3.63) is 80.9 Å². The van der Waals surface area contributed by atoms with Crippen LogP contribution in [0.25, 0.3) is 11.7 Å². The number of thioether (sulfide) groups is 1. The predicted octanol–water partition coefficient (Wildman–Crippen LogP) is 4.45. The number of nitrogens with zero attached hydrogens (tertiary/aromatic N) is 3. The summed E-state index contributed by atoms with van der Waals surface area (Å²) in [6.45, 7) is 2.98. The molecule has 1 N–H and O–H groups in total. The highest BCUT2D eigenvalue weighted by atomic mass is 32.2. The number of anilines is 1. The zero-order valence-electron chi connectivity index (χ0n) is 17.4. The molecule has 0 aliphatic carbocycles. The number of pyridine rings is 1. The average molecular weight is 469 g/mol. The van der Waals surface area contributed by atoms with Crippen molar-refractivity contribution in [2.75, 3.05) is 11.9 Å². The van der Waals surface area contributed by atoms with Crippen LogP contribution in [-0.2, 0) is 11.3 Å². The van der Waals surface area contributed by atoms with Gasteiger partial charge in [0, 0.05) is 12.7 Å². The monoisotopic (exact) mass is 468 g/mol. The van der Waals surface area contributed by atoms with Crippen molar-refractivity contribution in [3.8, 4) is 0 Å². The van der Waals surface area contributed by atoms with E-state index in [9.17, 15) is 14.0 Å². The third kappa shape index (κ3) is 4.58. The number of aromatic nitrogens is 2. The van der Waals surface area contributed by atoms with Crippen LogP contribution < -0.4 is 10.9 Å². The molecule has 0 unspecified atom stereocenters. The summed E-state index contributed by atoms with van der Waals surface area (Å²) >= 11 is 6.54. The van der Waals surface area contributed by atoms with E-state index in [4.69, 9.17) is 12.2 Å². The second-order valence-electron chi connectivity index (χ2n) is 7.28. The molecule has 1 aliphatic heterocycles. The minimum atomic E-state index is -0.341. The fourth-order valence-electron chi connectivity index (χ4n) is 3.29. The van der Waals surface area contributed by atoms with Crippen molar-refractivity contribution >= 4 is 51.7 Å². The van der Waals surface area contributed by atoms with Gasteiger partial charge in [-0.15, -0.1) is 0 Å². The highest BCUT2D eigenvalue weighted by Gasteiger charge is 2.32. The normalized spacial score (nSPS) is 15.2.